The van der Waals surface area contributed by atoms with Crippen molar-refractivity contribution in [2.45, 2.75) is 12.3 Å². The molecule has 1 unspecified atom stereocenters. The highest BCUT2D eigenvalue weighted by atomic mass is 79.9. The second-order valence-electron chi connectivity index (χ2n) is 3.94. The van der Waals surface area contributed by atoms with Crippen LogP contribution in [0.3, 0.4) is 0 Å². The van der Waals surface area contributed by atoms with E-state index in [4.69, 9.17) is 5.11 Å². The number of hydrogen-bond acceptors (Lipinski definition) is 2. The first kappa shape index (κ1) is 13.7. The van der Waals surface area contributed by atoms with Gasteiger partial charge in [0.15, 0.2) is 0 Å². The van der Waals surface area contributed by atoms with Crippen molar-refractivity contribution in [1.82, 2.24) is 4.90 Å². The van der Waals surface area contributed by atoms with Gasteiger partial charge in [-0.1, -0.05) is 28.1 Å². The smallest absolute Gasteiger partial charge is 0.311 e. The highest BCUT2D eigenvalue weighted by Gasteiger charge is 2.24. The summed E-state index contributed by atoms with van der Waals surface area (Å²) in [7, 11) is 3.23. The van der Waals surface area contributed by atoms with Gasteiger partial charge in [-0.15, -0.1) is 0 Å². The Morgan fingerprint density at radius 1 is 1.41 bits per heavy atom. The maximum absolute atomic E-state index is 11.6. The molecule has 0 heterocycles. The molecule has 0 aliphatic carbocycles. The third-order valence-electron chi connectivity index (χ3n) is 2.43. The molecule has 0 aliphatic heterocycles. The summed E-state index contributed by atoms with van der Waals surface area (Å²) in [6.07, 6.45) is -0.0290. The second kappa shape index (κ2) is 5.82. The molecular formula is C12H14BrNO3. The number of hydrogen-bond donors (Lipinski definition) is 1. The highest BCUT2D eigenvalue weighted by Crippen LogP contribution is 2.23. The molecule has 92 valence electrons. The average Bonchev–Trinajstić information content (AvgIpc) is 2.24. The third-order valence-corrected chi connectivity index (χ3v) is 2.92. The number of rotatable bonds is 4. The van der Waals surface area contributed by atoms with Crippen LogP contribution in [0.25, 0.3) is 0 Å². The summed E-state index contributed by atoms with van der Waals surface area (Å²) in [5.41, 5.74) is 0.627. The van der Waals surface area contributed by atoms with E-state index in [1.54, 1.807) is 32.3 Å². The number of carboxylic acids is 1. The molecule has 0 aromatic heterocycles. The fourth-order valence-corrected chi connectivity index (χ4v) is 1.85. The molecule has 17 heavy (non-hydrogen) atoms. The van der Waals surface area contributed by atoms with E-state index in [0.717, 1.165) is 4.47 Å². The Kier molecular flexibility index (Phi) is 4.69. The fourth-order valence-electron chi connectivity index (χ4n) is 1.43. The Morgan fingerprint density at radius 2 is 2.06 bits per heavy atom. The summed E-state index contributed by atoms with van der Waals surface area (Å²) < 4.78 is 0.804. The molecule has 1 rings (SSSR count). The van der Waals surface area contributed by atoms with Crippen LogP contribution < -0.4 is 0 Å². The zero-order chi connectivity index (χ0) is 13.0. The molecule has 0 fully saturated rings. The quantitative estimate of drug-likeness (QED) is 0.926. The van der Waals surface area contributed by atoms with Crippen LogP contribution in [0, 0.1) is 0 Å². The molecule has 0 spiro atoms. The zero-order valence-electron chi connectivity index (χ0n) is 9.68. The number of halogens is 1. The van der Waals surface area contributed by atoms with Crippen LogP contribution in [0.4, 0.5) is 0 Å². The molecule has 0 saturated heterocycles. The van der Waals surface area contributed by atoms with Gasteiger partial charge in [-0.25, -0.2) is 0 Å². The Bertz CT molecular complexity index is 432. The van der Waals surface area contributed by atoms with E-state index in [1.807, 2.05) is 6.07 Å². The molecule has 4 nitrogen and oxygen atoms in total. The van der Waals surface area contributed by atoms with E-state index >= 15 is 0 Å². The number of benzene rings is 1. The third kappa shape index (κ3) is 3.85. The predicted molar refractivity (Wildman–Crippen MR) is 67.8 cm³/mol. The molecule has 1 amide bonds. The first-order valence-electron chi connectivity index (χ1n) is 5.10. The van der Waals surface area contributed by atoms with Crippen LogP contribution in [-0.2, 0) is 9.59 Å². The normalized spacial score (nSPS) is 11.9. The molecule has 0 aliphatic rings. The Morgan fingerprint density at radius 3 is 2.53 bits per heavy atom. The Labute approximate surface area is 108 Å². The van der Waals surface area contributed by atoms with E-state index in [2.05, 4.69) is 15.9 Å². The van der Waals surface area contributed by atoms with Gasteiger partial charge >= 0.3 is 5.97 Å². The minimum Gasteiger partial charge on any atom is -0.481 e. The van der Waals surface area contributed by atoms with Gasteiger partial charge in [0, 0.05) is 25.0 Å². The van der Waals surface area contributed by atoms with Crippen molar-refractivity contribution >= 4 is 27.8 Å². The zero-order valence-corrected chi connectivity index (χ0v) is 11.3. The van der Waals surface area contributed by atoms with E-state index in [-0.39, 0.29) is 12.3 Å². The molecule has 0 saturated carbocycles. The molecule has 0 bridgehead atoms. The lowest BCUT2D eigenvalue weighted by atomic mass is 9.95. The molecule has 1 aromatic rings. The van der Waals surface area contributed by atoms with E-state index < -0.39 is 11.9 Å². The van der Waals surface area contributed by atoms with Crippen LogP contribution in [0.2, 0.25) is 0 Å². The van der Waals surface area contributed by atoms with Gasteiger partial charge in [0.1, 0.15) is 0 Å². The standard InChI is InChI=1S/C12H14BrNO3/c1-14(2)11(15)7-10(12(16)17)8-4-3-5-9(13)6-8/h3-6,10H,7H2,1-2H3,(H,16,17). The summed E-state index contributed by atoms with van der Waals surface area (Å²) >= 11 is 3.29. The minimum atomic E-state index is -0.988. The molecular weight excluding hydrogens is 286 g/mol. The van der Waals surface area contributed by atoms with E-state index in [9.17, 15) is 9.59 Å². The lowest BCUT2D eigenvalue weighted by Gasteiger charge is -2.16. The van der Waals surface area contributed by atoms with Gasteiger partial charge in [-0.05, 0) is 17.7 Å². The summed E-state index contributed by atoms with van der Waals surface area (Å²) in [4.78, 5) is 24.1. The van der Waals surface area contributed by atoms with Crippen LogP contribution >= 0.6 is 15.9 Å². The minimum absolute atomic E-state index is 0.0290. The van der Waals surface area contributed by atoms with Crippen molar-refractivity contribution in [3.63, 3.8) is 0 Å². The topological polar surface area (TPSA) is 57.6 Å². The largest absolute Gasteiger partial charge is 0.481 e. The van der Waals surface area contributed by atoms with Crippen molar-refractivity contribution in [3.8, 4) is 0 Å². The van der Waals surface area contributed by atoms with Crippen LogP contribution in [0.1, 0.15) is 17.9 Å². The second-order valence-corrected chi connectivity index (χ2v) is 4.85. The van der Waals surface area contributed by atoms with Crippen molar-refractivity contribution < 1.29 is 14.7 Å². The van der Waals surface area contributed by atoms with Crippen molar-refractivity contribution in [2.75, 3.05) is 14.1 Å². The number of aliphatic carboxylic acids is 1. The average molecular weight is 300 g/mol. The SMILES string of the molecule is CN(C)C(=O)CC(C(=O)O)c1cccc(Br)c1. The summed E-state index contributed by atoms with van der Waals surface area (Å²) in [5, 5.41) is 9.16. The number of amides is 1. The maximum Gasteiger partial charge on any atom is 0.311 e. The monoisotopic (exact) mass is 299 g/mol. The van der Waals surface area contributed by atoms with Gasteiger partial charge < -0.3 is 10.0 Å². The molecule has 1 N–H and O–H groups in total. The van der Waals surface area contributed by atoms with Gasteiger partial charge in [-0.2, -0.15) is 0 Å². The molecule has 0 radical (unpaired) electrons. The van der Waals surface area contributed by atoms with Crippen LogP contribution in [0.5, 0.6) is 0 Å². The number of carbonyl (C=O) groups excluding carboxylic acids is 1. The number of nitrogens with zero attached hydrogens (tertiary/aromatic N) is 1. The summed E-state index contributed by atoms with van der Waals surface area (Å²) in [6, 6.07) is 7.01. The van der Waals surface area contributed by atoms with Crippen molar-refractivity contribution in [3.05, 3.63) is 34.3 Å². The highest BCUT2D eigenvalue weighted by molar-refractivity contribution is 9.10. The van der Waals surface area contributed by atoms with Gasteiger partial charge in [-0.3, -0.25) is 9.59 Å². The van der Waals surface area contributed by atoms with E-state index in [1.165, 1.54) is 4.90 Å². The molecule has 1 atom stereocenters. The lowest BCUT2D eigenvalue weighted by molar-refractivity contribution is -0.142. The Hall–Kier alpha value is -1.36. The van der Waals surface area contributed by atoms with Gasteiger partial charge in [0.05, 0.1) is 5.92 Å². The Balaban J connectivity index is 2.94. The van der Waals surface area contributed by atoms with Gasteiger partial charge in [0.2, 0.25) is 5.91 Å². The van der Waals surface area contributed by atoms with Crippen molar-refractivity contribution in [1.29, 1.82) is 0 Å². The van der Waals surface area contributed by atoms with Crippen LogP contribution in [0.15, 0.2) is 28.7 Å². The summed E-state index contributed by atoms with van der Waals surface area (Å²) in [6.45, 7) is 0. The predicted octanol–water partition coefficient (Wildman–Crippen LogP) is 2.10. The fraction of sp³-hybridized carbons (Fsp3) is 0.333. The summed E-state index contributed by atoms with van der Waals surface area (Å²) in [5.74, 6) is -1.99. The maximum atomic E-state index is 11.6. The van der Waals surface area contributed by atoms with Gasteiger partial charge in [0.25, 0.3) is 0 Å². The molecule has 5 heteroatoms. The van der Waals surface area contributed by atoms with Crippen LogP contribution in [-0.4, -0.2) is 36.0 Å². The lowest BCUT2D eigenvalue weighted by Crippen LogP contribution is -2.26. The number of carbonyl (C=O) groups is 2. The van der Waals surface area contributed by atoms with E-state index in [0.29, 0.717) is 5.56 Å². The number of carboxylic acid groups (broad SMARTS) is 1. The first-order valence-corrected chi connectivity index (χ1v) is 5.89. The van der Waals surface area contributed by atoms with Crippen molar-refractivity contribution in [2.24, 2.45) is 0 Å². The molecule has 1 aromatic carbocycles. The first-order chi connectivity index (χ1) is 7.91.